The summed E-state index contributed by atoms with van der Waals surface area (Å²) in [4.78, 5) is 8.15. The molecule has 0 aliphatic rings. The summed E-state index contributed by atoms with van der Waals surface area (Å²) in [5.41, 5.74) is 0. The Morgan fingerprint density at radius 3 is 1.25 bits per heavy atom. The average molecular weight is 176 g/mol. The van der Waals surface area contributed by atoms with E-state index in [4.69, 9.17) is 4.80 Å². The van der Waals surface area contributed by atoms with Crippen molar-refractivity contribution in [1.29, 1.82) is 0 Å². The summed E-state index contributed by atoms with van der Waals surface area (Å²) in [6, 6.07) is 0. The molecule has 8 heavy (non-hydrogen) atoms. The van der Waals surface area contributed by atoms with Crippen molar-refractivity contribution in [3.8, 4) is 0 Å². The van der Waals surface area contributed by atoms with E-state index in [0.717, 1.165) is 0 Å². The Morgan fingerprint density at radius 2 is 1.25 bits per heavy atom. The number of hydrogen-bond donors (Lipinski definition) is 3. The first-order chi connectivity index (χ1) is 3.55. The second kappa shape index (κ2) is 3.17. The normalized spacial score (nSPS) is 11.5. The number of hydrogen-bond acceptors (Lipinski definition) is 5. The molecule has 0 fully saturated rings. The van der Waals surface area contributed by atoms with Crippen molar-refractivity contribution in [3.63, 3.8) is 0 Å². The standard InChI is InChI=1S/H4O5S2Si/c1-6(2)8(5)7(3)4/h5-8H. The van der Waals surface area contributed by atoms with Gasteiger partial charge in [0.2, 0.25) is 0 Å². The van der Waals surface area contributed by atoms with Gasteiger partial charge < -0.3 is 4.80 Å². The minimum Gasteiger partial charge on any atom is -0.412 e. The molecule has 0 amide bonds. The van der Waals surface area contributed by atoms with E-state index in [2.05, 4.69) is 0 Å². The van der Waals surface area contributed by atoms with Gasteiger partial charge in [0.25, 0.3) is 0 Å². The lowest BCUT2D eigenvalue weighted by Crippen LogP contribution is -2.16. The molecule has 0 aliphatic heterocycles. The lowest BCUT2D eigenvalue weighted by molar-refractivity contribution is 0.577. The predicted octanol–water partition coefficient (Wildman–Crippen LogP) is -3.08. The molecule has 0 spiro atoms. The molecule has 5 nitrogen and oxygen atoms in total. The van der Waals surface area contributed by atoms with Gasteiger partial charge in [0, 0.05) is 0 Å². The first-order valence-electron chi connectivity index (χ1n) is 1.50. The fourth-order valence-electron chi connectivity index (χ4n) is 0.0770. The van der Waals surface area contributed by atoms with Crippen LogP contribution in [0.15, 0.2) is 0 Å². The molecule has 0 aromatic heterocycles. The molecule has 0 aromatic rings. The van der Waals surface area contributed by atoms with Crippen LogP contribution in [0.3, 0.4) is 0 Å². The zero-order valence-electron chi connectivity index (χ0n) is 3.55. The van der Waals surface area contributed by atoms with Gasteiger partial charge in [-0.2, -0.15) is 0 Å². The Kier molecular flexibility index (Phi) is 3.20. The van der Waals surface area contributed by atoms with Crippen LogP contribution in [0, 0.1) is 0 Å². The van der Waals surface area contributed by atoms with E-state index in [1.165, 1.54) is 0 Å². The molecular weight excluding hydrogens is 172 g/mol. The Balaban J connectivity index is 4.27. The van der Waals surface area contributed by atoms with E-state index in [1.54, 1.807) is 0 Å². The highest BCUT2D eigenvalue weighted by molar-refractivity contribution is 8.32. The second-order valence-corrected chi connectivity index (χ2v) is 9.44. The highest BCUT2D eigenvalue weighted by atomic mass is 32.6. The maximum absolute atomic E-state index is 9.61. The van der Waals surface area contributed by atoms with E-state index in [1.807, 2.05) is 0 Å². The quantitative estimate of drug-likeness (QED) is 0.307. The maximum atomic E-state index is 9.61. The maximum Gasteiger partial charge on any atom is 0.433 e. The molecule has 0 atom stereocenters. The third-order valence-electron chi connectivity index (χ3n) is 0.377. The third kappa shape index (κ3) is 2.40. The van der Waals surface area contributed by atoms with E-state index in [9.17, 15) is 16.8 Å². The van der Waals surface area contributed by atoms with Crippen molar-refractivity contribution in [2.75, 3.05) is 0 Å². The molecule has 0 heterocycles. The molecule has 0 bridgehead atoms. The van der Waals surface area contributed by atoms with Gasteiger partial charge in [-0.1, -0.05) is 0 Å². The van der Waals surface area contributed by atoms with Crippen LogP contribution in [0.4, 0.5) is 0 Å². The first-order valence-corrected chi connectivity index (χ1v) is 7.61. The zero-order valence-corrected chi connectivity index (χ0v) is 6.50. The van der Waals surface area contributed by atoms with Crippen LogP contribution in [0.5, 0.6) is 0 Å². The summed E-state index contributed by atoms with van der Waals surface area (Å²) >= 11 is 0. The summed E-state index contributed by atoms with van der Waals surface area (Å²) < 4.78 is 38.4. The smallest absolute Gasteiger partial charge is 0.412 e. The van der Waals surface area contributed by atoms with Gasteiger partial charge in [0.05, 0.1) is 0 Å². The largest absolute Gasteiger partial charge is 0.433 e. The molecule has 0 aliphatic carbocycles. The van der Waals surface area contributed by atoms with Crippen molar-refractivity contribution in [2.45, 2.75) is 0 Å². The molecular formula is H4O5S2Si. The molecule has 50 valence electrons. The van der Waals surface area contributed by atoms with Crippen LogP contribution in [0.25, 0.3) is 0 Å². The third-order valence-corrected chi connectivity index (χ3v) is 6.79. The first kappa shape index (κ1) is 8.08. The van der Waals surface area contributed by atoms with Crippen LogP contribution in [-0.4, -0.2) is 29.0 Å². The van der Waals surface area contributed by atoms with Crippen LogP contribution in [0.2, 0.25) is 0 Å². The van der Waals surface area contributed by atoms with Crippen molar-refractivity contribution >= 4 is 27.6 Å². The summed E-state index contributed by atoms with van der Waals surface area (Å²) in [6.07, 6.45) is 0. The second-order valence-electron chi connectivity index (χ2n) is 0.917. The van der Waals surface area contributed by atoms with Crippen LogP contribution < -0.4 is 0 Å². The average Bonchev–Trinajstić information content (AvgIpc) is 1.64. The Morgan fingerprint density at radius 1 is 1.00 bits per heavy atom. The summed E-state index contributed by atoms with van der Waals surface area (Å²) in [5.74, 6) is 0. The summed E-state index contributed by atoms with van der Waals surface area (Å²) in [7, 11) is -9.65. The van der Waals surface area contributed by atoms with Gasteiger partial charge in [-0.15, -0.1) is 0 Å². The van der Waals surface area contributed by atoms with Gasteiger partial charge in [-0.3, -0.25) is 0 Å². The van der Waals surface area contributed by atoms with Gasteiger partial charge in [-0.25, -0.2) is 16.8 Å². The van der Waals surface area contributed by atoms with Gasteiger partial charge >= 0.3 is 7.34 Å². The lowest BCUT2D eigenvalue weighted by atomic mass is 15.9. The van der Waals surface area contributed by atoms with Crippen LogP contribution in [-0.2, 0) is 20.3 Å². The number of rotatable bonds is 2. The van der Waals surface area contributed by atoms with E-state index in [0.29, 0.717) is 0 Å². The highest BCUT2D eigenvalue weighted by Crippen LogP contribution is 1.73. The topological polar surface area (TPSA) is 88.5 Å². The molecule has 8 heteroatoms. The fraction of sp³-hybridized carbons (Fsp3) is 0. The van der Waals surface area contributed by atoms with E-state index in [-0.39, 0.29) is 0 Å². The van der Waals surface area contributed by atoms with Crippen molar-refractivity contribution < 1.29 is 21.6 Å². The van der Waals surface area contributed by atoms with Gasteiger partial charge in [0.1, 0.15) is 0 Å². The minimum absolute atomic E-state index is 3.10. The minimum atomic E-state index is -3.44. The van der Waals surface area contributed by atoms with E-state index >= 15 is 0 Å². The lowest BCUT2D eigenvalue weighted by Gasteiger charge is -1.80. The highest BCUT2D eigenvalue weighted by Gasteiger charge is 2.13. The Hall–Kier alpha value is 0.0769. The molecule has 0 rings (SSSR count). The Labute approximate surface area is 49.9 Å². The van der Waals surface area contributed by atoms with Crippen molar-refractivity contribution in [1.82, 2.24) is 0 Å². The molecule has 0 radical (unpaired) electrons. The molecule has 0 unspecified atom stereocenters. The van der Waals surface area contributed by atoms with Crippen molar-refractivity contribution in [3.05, 3.63) is 0 Å². The number of thiol groups is 2. The Bertz CT molecular complexity index is 160. The molecule has 0 aromatic carbocycles. The zero-order chi connectivity index (χ0) is 6.73. The summed E-state index contributed by atoms with van der Waals surface area (Å²) in [5, 5.41) is 0. The summed E-state index contributed by atoms with van der Waals surface area (Å²) in [6.45, 7) is 0. The van der Waals surface area contributed by atoms with Crippen LogP contribution >= 0.6 is 0 Å². The van der Waals surface area contributed by atoms with E-state index < -0.39 is 27.6 Å². The molecule has 0 saturated carbocycles. The monoisotopic (exact) mass is 176 g/mol. The SMILES string of the molecule is O=[SH](=O)[SiH](O)[SH](=O)=O. The molecule has 0 saturated heterocycles. The fourth-order valence-corrected chi connectivity index (χ4v) is 2.08. The predicted molar refractivity (Wildman–Crippen MR) is 30.0 cm³/mol. The molecule has 1 N–H and O–H groups in total. The van der Waals surface area contributed by atoms with Crippen molar-refractivity contribution in [2.24, 2.45) is 0 Å². The van der Waals surface area contributed by atoms with Gasteiger partial charge in [-0.05, 0) is 0 Å². The van der Waals surface area contributed by atoms with Crippen LogP contribution in [0.1, 0.15) is 0 Å². The van der Waals surface area contributed by atoms with Gasteiger partial charge in [0.15, 0.2) is 20.3 Å².